The number of hydrogen-bond acceptors (Lipinski definition) is 3. The lowest BCUT2D eigenvalue weighted by Crippen LogP contribution is -2.08. The average Bonchev–Trinajstić information content (AvgIpc) is 3.03. The molecule has 3 nitrogen and oxygen atoms in total. The summed E-state index contributed by atoms with van der Waals surface area (Å²) in [4.78, 5) is 11.8. The summed E-state index contributed by atoms with van der Waals surface area (Å²) in [6.07, 6.45) is 1.67. The Kier molecular flexibility index (Phi) is 4.14. The second-order valence-electron chi connectivity index (χ2n) is 5.48. The molecule has 1 unspecified atom stereocenters. The number of fused-ring (bicyclic) bond motifs is 1. The van der Waals surface area contributed by atoms with E-state index < -0.39 is 0 Å². The van der Waals surface area contributed by atoms with Crippen LogP contribution < -0.4 is 0 Å². The lowest BCUT2D eigenvalue weighted by Gasteiger charge is -2.14. The van der Waals surface area contributed by atoms with Crippen molar-refractivity contribution in [3.63, 3.8) is 0 Å². The zero-order chi connectivity index (χ0) is 15.5. The van der Waals surface area contributed by atoms with E-state index in [1.54, 1.807) is 6.92 Å². The van der Waals surface area contributed by atoms with Gasteiger partial charge in [0.05, 0.1) is 12.2 Å². The average molecular weight is 296 g/mol. The third-order valence-electron chi connectivity index (χ3n) is 4.09. The van der Waals surface area contributed by atoms with Crippen LogP contribution in [0.1, 0.15) is 38.4 Å². The van der Waals surface area contributed by atoms with E-state index in [1.807, 2.05) is 19.1 Å². The number of benzene rings is 2. The van der Waals surface area contributed by atoms with Gasteiger partial charge < -0.3 is 9.47 Å². The molecule has 1 aliphatic rings. The number of rotatable bonds is 3. The minimum absolute atomic E-state index is 0.00507. The van der Waals surface area contributed by atoms with Crippen LogP contribution in [0.5, 0.6) is 0 Å². The van der Waals surface area contributed by atoms with Crippen molar-refractivity contribution >= 4 is 16.7 Å². The molecule has 114 valence electrons. The van der Waals surface area contributed by atoms with E-state index in [-0.39, 0.29) is 12.1 Å². The quantitative estimate of drug-likeness (QED) is 0.616. The summed E-state index contributed by atoms with van der Waals surface area (Å²) in [6.45, 7) is 3.97. The molecule has 0 aliphatic carbocycles. The molecule has 1 atom stereocenters. The number of hydrogen-bond donors (Lipinski definition) is 0. The fraction of sp³-hybridized carbons (Fsp3) is 0.316. The molecule has 1 heterocycles. The molecule has 3 rings (SSSR count). The molecule has 1 fully saturated rings. The first-order valence-corrected chi connectivity index (χ1v) is 7.72. The standard InChI is InChI=1S/C19H20O3/c1-3-21-19(20)13(2)17-11-12-18(22-17)16-10-6-8-14-7-4-5-9-15(14)16/h4-10,18H,3,11-12H2,1-2H3/b17-13+. The molecule has 0 amide bonds. The van der Waals surface area contributed by atoms with Crippen molar-refractivity contribution in [2.75, 3.05) is 6.61 Å². The van der Waals surface area contributed by atoms with Gasteiger partial charge in [-0.3, -0.25) is 0 Å². The Bertz CT molecular complexity index is 725. The van der Waals surface area contributed by atoms with Crippen molar-refractivity contribution in [2.45, 2.75) is 32.8 Å². The van der Waals surface area contributed by atoms with E-state index >= 15 is 0 Å². The summed E-state index contributed by atoms with van der Waals surface area (Å²) >= 11 is 0. The van der Waals surface area contributed by atoms with Gasteiger partial charge in [-0.05, 0) is 31.0 Å². The van der Waals surface area contributed by atoms with Gasteiger partial charge in [-0.2, -0.15) is 0 Å². The van der Waals surface area contributed by atoms with Gasteiger partial charge in [-0.1, -0.05) is 42.5 Å². The number of esters is 1. The Morgan fingerprint density at radius 2 is 2.00 bits per heavy atom. The van der Waals surface area contributed by atoms with Crippen molar-refractivity contribution in [2.24, 2.45) is 0 Å². The maximum atomic E-state index is 11.8. The molecule has 0 radical (unpaired) electrons. The summed E-state index contributed by atoms with van der Waals surface area (Å²) in [6, 6.07) is 14.6. The minimum atomic E-state index is -0.281. The van der Waals surface area contributed by atoms with Crippen molar-refractivity contribution < 1.29 is 14.3 Å². The Labute approximate surface area is 130 Å². The number of carbonyl (C=O) groups excluding carboxylic acids is 1. The molecule has 0 spiro atoms. The normalized spacial score (nSPS) is 19.8. The molecule has 0 saturated carbocycles. The topological polar surface area (TPSA) is 35.5 Å². The summed E-state index contributed by atoms with van der Waals surface area (Å²) in [7, 11) is 0. The Balaban J connectivity index is 1.89. The lowest BCUT2D eigenvalue weighted by molar-refractivity contribution is -0.138. The summed E-state index contributed by atoms with van der Waals surface area (Å²) < 4.78 is 11.1. The fourth-order valence-electron chi connectivity index (χ4n) is 2.93. The minimum Gasteiger partial charge on any atom is -0.489 e. The number of carbonyl (C=O) groups is 1. The van der Waals surface area contributed by atoms with E-state index in [1.165, 1.54) is 16.3 Å². The molecule has 1 saturated heterocycles. The molecule has 2 aromatic carbocycles. The first-order chi connectivity index (χ1) is 10.7. The van der Waals surface area contributed by atoms with Gasteiger partial charge in [-0.25, -0.2) is 4.79 Å². The van der Waals surface area contributed by atoms with Crippen LogP contribution in [-0.4, -0.2) is 12.6 Å². The third-order valence-corrected chi connectivity index (χ3v) is 4.09. The summed E-state index contributed by atoms with van der Waals surface area (Å²) in [5.41, 5.74) is 1.77. The largest absolute Gasteiger partial charge is 0.489 e. The van der Waals surface area contributed by atoms with Crippen LogP contribution in [0, 0.1) is 0 Å². The number of allylic oxidation sites excluding steroid dienone is 1. The first kappa shape index (κ1) is 14.6. The Hall–Kier alpha value is -2.29. The van der Waals surface area contributed by atoms with Crippen molar-refractivity contribution in [1.29, 1.82) is 0 Å². The predicted octanol–water partition coefficient (Wildman–Crippen LogP) is 4.53. The SMILES string of the molecule is CCOC(=O)/C(C)=C1\CCC(c2cccc3ccccc23)O1. The Morgan fingerprint density at radius 3 is 2.82 bits per heavy atom. The van der Waals surface area contributed by atoms with Crippen LogP contribution in [0.15, 0.2) is 53.8 Å². The zero-order valence-corrected chi connectivity index (χ0v) is 13.0. The maximum absolute atomic E-state index is 11.8. The van der Waals surface area contributed by atoms with Gasteiger partial charge in [0.1, 0.15) is 11.9 Å². The molecule has 0 aromatic heterocycles. The molecule has 22 heavy (non-hydrogen) atoms. The molecular weight excluding hydrogens is 276 g/mol. The van der Waals surface area contributed by atoms with Gasteiger partial charge in [0, 0.05) is 12.0 Å². The van der Waals surface area contributed by atoms with Crippen molar-refractivity contribution in [1.82, 2.24) is 0 Å². The second kappa shape index (κ2) is 6.22. The maximum Gasteiger partial charge on any atom is 0.337 e. The van der Waals surface area contributed by atoms with Crippen LogP contribution in [0.4, 0.5) is 0 Å². The molecular formula is C19H20O3. The molecule has 3 heteroatoms. The smallest absolute Gasteiger partial charge is 0.337 e. The molecule has 1 aliphatic heterocycles. The zero-order valence-electron chi connectivity index (χ0n) is 13.0. The van der Waals surface area contributed by atoms with Crippen LogP contribution >= 0.6 is 0 Å². The lowest BCUT2D eigenvalue weighted by atomic mass is 9.99. The van der Waals surface area contributed by atoms with Crippen molar-refractivity contribution in [3.05, 3.63) is 59.4 Å². The van der Waals surface area contributed by atoms with Crippen LogP contribution in [0.25, 0.3) is 10.8 Å². The van der Waals surface area contributed by atoms with Gasteiger partial charge in [-0.15, -0.1) is 0 Å². The predicted molar refractivity (Wildman–Crippen MR) is 86.3 cm³/mol. The van der Waals surface area contributed by atoms with Crippen molar-refractivity contribution in [3.8, 4) is 0 Å². The van der Waals surface area contributed by atoms with E-state index in [9.17, 15) is 4.79 Å². The number of ether oxygens (including phenoxy) is 2. The Morgan fingerprint density at radius 1 is 1.23 bits per heavy atom. The highest BCUT2D eigenvalue weighted by molar-refractivity contribution is 5.88. The van der Waals surface area contributed by atoms with Crippen LogP contribution in [0.2, 0.25) is 0 Å². The van der Waals surface area contributed by atoms with E-state index in [0.717, 1.165) is 18.6 Å². The molecule has 0 bridgehead atoms. The molecule has 2 aromatic rings. The second-order valence-corrected chi connectivity index (χ2v) is 5.48. The fourth-order valence-corrected chi connectivity index (χ4v) is 2.93. The molecule has 0 N–H and O–H groups in total. The monoisotopic (exact) mass is 296 g/mol. The van der Waals surface area contributed by atoms with Gasteiger partial charge in [0.15, 0.2) is 0 Å². The van der Waals surface area contributed by atoms with Gasteiger partial charge >= 0.3 is 5.97 Å². The highest BCUT2D eigenvalue weighted by Crippen LogP contribution is 2.39. The summed E-state index contributed by atoms with van der Waals surface area (Å²) in [5.74, 6) is 0.479. The highest BCUT2D eigenvalue weighted by atomic mass is 16.5. The summed E-state index contributed by atoms with van der Waals surface area (Å²) in [5, 5.41) is 2.42. The van der Waals surface area contributed by atoms with E-state index in [4.69, 9.17) is 9.47 Å². The van der Waals surface area contributed by atoms with E-state index in [0.29, 0.717) is 12.2 Å². The highest BCUT2D eigenvalue weighted by Gasteiger charge is 2.27. The first-order valence-electron chi connectivity index (χ1n) is 7.72. The van der Waals surface area contributed by atoms with Gasteiger partial charge in [0.25, 0.3) is 0 Å². The van der Waals surface area contributed by atoms with Crippen LogP contribution in [-0.2, 0) is 14.3 Å². The van der Waals surface area contributed by atoms with Crippen LogP contribution in [0.3, 0.4) is 0 Å². The third kappa shape index (κ3) is 2.71. The van der Waals surface area contributed by atoms with Gasteiger partial charge in [0.2, 0.25) is 0 Å². The van der Waals surface area contributed by atoms with E-state index in [2.05, 4.69) is 30.3 Å².